The number of sulfonamides is 1. The third-order valence-corrected chi connectivity index (χ3v) is 6.52. The van der Waals surface area contributed by atoms with Crippen LogP contribution >= 0.6 is 0 Å². The van der Waals surface area contributed by atoms with Crippen molar-refractivity contribution in [2.75, 3.05) is 31.8 Å². The maximum atomic E-state index is 12.9. The molecule has 0 aliphatic carbocycles. The highest BCUT2D eigenvalue weighted by Crippen LogP contribution is 2.30. The molecule has 32 heavy (non-hydrogen) atoms. The van der Waals surface area contributed by atoms with Crippen molar-refractivity contribution in [1.29, 1.82) is 0 Å². The number of halogens is 2. The molecular formula is C20H22F2N4O5S. The number of nitro groups is 1. The minimum absolute atomic E-state index is 0.0761. The predicted molar refractivity (Wildman–Crippen MR) is 114 cm³/mol. The van der Waals surface area contributed by atoms with Crippen LogP contribution in [0.4, 0.5) is 20.2 Å². The van der Waals surface area contributed by atoms with Crippen LogP contribution in [0.3, 0.4) is 0 Å². The highest BCUT2D eigenvalue weighted by molar-refractivity contribution is 7.90. The molecular weight excluding hydrogens is 446 g/mol. The number of alkyl halides is 2. The lowest BCUT2D eigenvalue weighted by molar-refractivity contribution is -0.384. The molecule has 0 saturated carbocycles. The van der Waals surface area contributed by atoms with Crippen molar-refractivity contribution in [3.05, 3.63) is 64.2 Å². The number of hydrogen-bond donors (Lipinski definition) is 2. The number of amides is 1. The molecule has 0 bridgehead atoms. The van der Waals surface area contributed by atoms with E-state index in [1.807, 2.05) is 4.72 Å². The van der Waals surface area contributed by atoms with Gasteiger partial charge in [0, 0.05) is 30.8 Å². The number of carbonyl (C=O) groups is 1. The number of nitro benzene ring substituents is 1. The molecule has 0 spiro atoms. The van der Waals surface area contributed by atoms with Gasteiger partial charge in [-0.15, -0.1) is 0 Å². The Bertz CT molecular complexity index is 1080. The Kier molecular flexibility index (Phi) is 7.36. The molecule has 1 aliphatic rings. The first-order valence-corrected chi connectivity index (χ1v) is 11.3. The minimum Gasteiger partial charge on any atom is -0.375 e. The normalized spacial score (nSPS) is 16.8. The number of rotatable bonds is 9. The van der Waals surface area contributed by atoms with Crippen LogP contribution in [0.5, 0.6) is 0 Å². The van der Waals surface area contributed by atoms with E-state index in [2.05, 4.69) is 5.32 Å². The molecule has 12 heteroatoms. The van der Waals surface area contributed by atoms with Gasteiger partial charge in [0.1, 0.15) is 19.0 Å². The lowest BCUT2D eigenvalue weighted by Gasteiger charge is -2.23. The zero-order chi connectivity index (χ0) is 23.3. The molecule has 1 atom stereocenters. The highest BCUT2D eigenvalue weighted by atomic mass is 32.2. The van der Waals surface area contributed by atoms with Gasteiger partial charge in [0.05, 0.1) is 15.9 Å². The second-order valence-corrected chi connectivity index (χ2v) is 9.01. The molecule has 1 fully saturated rings. The summed E-state index contributed by atoms with van der Waals surface area (Å²) in [5.41, 5.74) is -0.298. The van der Waals surface area contributed by atoms with Gasteiger partial charge >= 0.3 is 0 Å². The Morgan fingerprint density at radius 3 is 2.50 bits per heavy atom. The first-order chi connectivity index (χ1) is 15.2. The fourth-order valence-corrected chi connectivity index (χ4v) is 4.47. The van der Waals surface area contributed by atoms with Gasteiger partial charge in [-0.2, -0.15) is 0 Å². The van der Waals surface area contributed by atoms with Crippen LogP contribution < -0.4 is 10.0 Å². The Balaban J connectivity index is 1.77. The summed E-state index contributed by atoms with van der Waals surface area (Å²) in [6.07, 6.45) is 0.515. The van der Waals surface area contributed by atoms with Crippen molar-refractivity contribution in [2.24, 2.45) is 0 Å². The van der Waals surface area contributed by atoms with E-state index < -0.39 is 50.8 Å². The van der Waals surface area contributed by atoms with E-state index >= 15 is 0 Å². The molecule has 2 aromatic carbocycles. The maximum absolute atomic E-state index is 12.9. The van der Waals surface area contributed by atoms with Gasteiger partial charge in [0.2, 0.25) is 0 Å². The first kappa shape index (κ1) is 23.5. The first-order valence-electron chi connectivity index (χ1n) is 9.78. The fraction of sp³-hybridized carbons (Fsp3) is 0.350. The quantitative estimate of drug-likeness (QED) is 0.428. The molecule has 1 heterocycles. The average Bonchev–Trinajstić information content (AvgIpc) is 3.23. The number of hydrogen-bond acceptors (Lipinski definition) is 7. The number of anilines is 1. The van der Waals surface area contributed by atoms with Crippen LogP contribution in [0.15, 0.2) is 53.4 Å². The average molecular weight is 468 g/mol. The van der Waals surface area contributed by atoms with E-state index in [4.69, 9.17) is 0 Å². The Hall–Kier alpha value is -3.12. The van der Waals surface area contributed by atoms with Crippen LogP contribution in [0.2, 0.25) is 0 Å². The van der Waals surface area contributed by atoms with Gasteiger partial charge in [0.15, 0.2) is 0 Å². The molecule has 3 rings (SSSR count). The van der Waals surface area contributed by atoms with Crippen LogP contribution in [0.1, 0.15) is 16.8 Å². The van der Waals surface area contributed by atoms with E-state index in [0.29, 0.717) is 19.5 Å². The number of likely N-dealkylation sites (tertiary alicyclic amines) is 1. The summed E-state index contributed by atoms with van der Waals surface area (Å²) in [7, 11) is -4.36. The molecule has 1 aliphatic heterocycles. The SMILES string of the molecule is O=C(NS(=O)(=O)c1ccc(N[C@@H]2CCN(C(CF)CF)C2)c([N+](=O)[O-])c1)c1ccccc1. The zero-order valence-corrected chi connectivity index (χ0v) is 17.7. The van der Waals surface area contributed by atoms with Crippen molar-refractivity contribution in [2.45, 2.75) is 23.4 Å². The lowest BCUT2D eigenvalue weighted by Crippen LogP contribution is -2.38. The maximum Gasteiger partial charge on any atom is 0.293 e. The third-order valence-electron chi connectivity index (χ3n) is 5.19. The fourth-order valence-electron chi connectivity index (χ4n) is 3.47. The second-order valence-electron chi connectivity index (χ2n) is 7.32. The molecule has 0 unspecified atom stereocenters. The monoisotopic (exact) mass is 468 g/mol. The van der Waals surface area contributed by atoms with Crippen LogP contribution in [0, 0.1) is 10.1 Å². The smallest absolute Gasteiger partial charge is 0.293 e. The van der Waals surface area contributed by atoms with E-state index in [1.165, 1.54) is 18.2 Å². The summed E-state index contributed by atoms with van der Waals surface area (Å²) in [6, 6.07) is 9.77. The number of nitrogens with one attached hydrogen (secondary N) is 2. The van der Waals surface area contributed by atoms with E-state index in [0.717, 1.165) is 12.1 Å². The van der Waals surface area contributed by atoms with Gasteiger partial charge < -0.3 is 5.32 Å². The number of nitrogens with zero attached hydrogens (tertiary/aromatic N) is 2. The molecule has 9 nitrogen and oxygen atoms in total. The van der Waals surface area contributed by atoms with Crippen LogP contribution in [-0.2, 0) is 10.0 Å². The Morgan fingerprint density at radius 1 is 1.19 bits per heavy atom. The third kappa shape index (κ3) is 5.37. The minimum atomic E-state index is -4.36. The molecule has 1 amide bonds. The Labute approximate surface area is 183 Å². The number of carbonyl (C=O) groups excluding carboxylic acids is 1. The zero-order valence-electron chi connectivity index (χ0n) is 16.9. The standard InChI is InChI=1S/C20H22F2N4O5S/c21-11-16(12-22)25-9-8-15(13-25)23-18-7-6-17(10-19(18)26(28)29)32(30,31)24-20(27)14-4-2-1-3-5-14/h1-7,10,15-16,23H,8-9,11-13H2,(H,24,27)/t15-/m1/s1. The van der Waals surface area contributed by atoms with E-state index in [-0.39, 0.29) is 17.3 Å². The topological polar surface area (TPSA) is 122 Å². The van der Waals surface area contributed by atoms with Crippen molar-refractivity contribution >= 4 is 27.3 Å². The molecule has 1 saturated heterocycles. The van der Waals surface area contributed by atoms with Crippen molar-refractivity contribution in [3.63, 3.8) is 0 Å². The molecule has 0 aromatic heterocycles. The summed E-state index contributed by atoms with van der Waals surface area (Å²) in [5.74, 6) is -0.864. The van der Waals surface area contributed by atoms with E-state index in [9.17, 15) is 32.1 Å². The summed E-state index contributed by atoms with van der Waals surface area (Å²) in [4.78, 5) is 24.2. The van der Waals surface area contributed by atoms with Gasteiger partial charge in [-0.1, -0.05) is 18.2 Å². The van der Waals surface area contributed by atoms with Gasteiger partial charge in [-0.05, 0) is 30.7 Å². The number of benzene rings is 2. The van der Waals surface area contributed by atoms with Gasteiger partial charge in [-0.25, -0.2) is 21.9 Å². The molecule has 172 valence electrons. The molecule has 0 radical (unpaired) electrons. The summed E-state index contributed by atoms with van der Waals surface area (Å²) in [5, 5.41) is 14.5. The second kappa shape index (κ2) is 10.0. The van der Waals surface area contributed by atoms with Crippen molar-refractivity contribution in [1.82, 2.24) is 9.62 Å². The summed E-state index contributed by atoms with van der Waals surface area (Å²) in [6.45, 7) is -0.931. The molecule has 2 N–H and O–H groups in total. The highest BCUT2D eigenvalue weighted by Gasteiger charge is 2.30. The largest absolute Gasteiger partial charge is 0.375 e. The summed E-state index contributed by atoms with van der Waals surface area (Å²) < 4.78 is 52.9. The van der Waals surface area contributed by atoms with Crippen LogP contribution in [0.25, 0.3) is 0 Å². The predicted octanol–water partition coefficient (Wildman–Crippen LogP) is 2.51. The van der Waals surface area contributed by atoms with Crippen molar-refractivity contribution < 1.29 is 26.9 Å². The van der Waals surface area contributed by atoms with Gasteiger partial charge in [0.25, 0.3) is 21.6 Å². The Morgan fingerprint density at radius 2 is 1.88 bits per heavy atom. The van der Waals surface area contributed by atoms with Crippen LogP contribution in [-0.4, -0.2) is 62.7 Å². The van der Waals surface area contributed by atoms with Crippen molar-refractivity contribution in [3.8, 4) is 0 Å². The van der Waals surface area contributed by atoms with Gasteiger partial charge in [-0.3, -0.25) is 19.8 Å². The van der Waals surface area contributed by atoms with E-state index in [1.54, 1.807) is 23.1 Å². The summed E-state index contributed by atoms with van der Waals surface area (Å²) >= 11 is 0. The molecule has 2 aromatic rings. The lowest BCUT2D eigenvalue weighted by atomic mass is 10.2.